The van der Waals surface area contributed by atoms with Crippen molar-refractivity contribution in [2.24, 2.45) is 5.73 Å². The van der Waals surface area contributed by atoms with Gasteiger partial charge in [0, 0.05) is 11.1 Å². The SMILES string of the molecule is NC(=O)c1cc(Cl)c(Cl)c2c1CCCCCO2. The van der Waals surface area contributed by atoms with Crippen LogP contribution in [0.1, 0.15) is 35.2 Å². The molecule has 1 heterocycles. The Bertz CT molecular complexity index is 460. The Morgan fingerprint density at radius 3 is 2.76 bits per heavy atom. The largest absolute Gasteiger partial charge is 0.492 e. The molecule has 0 aromatic heterocycles. The number of benzene rings is 1. The van der Waals surface area contributed by atoms with E-state index in [1.54, 1.807) is 0 Å². The van der Waals surface area contributed by atoms with E-state index in [1.165, 1.54) is 6.07 Å². The zero-order chi connectivity index (χ0) is 12.4. The number of primary amides is 1. The van der Waals surface area contributed by atoms with Gasteiger partial charge in [-0.2, -0.15) is 0 Å². The second kappa shape index (κ2) is 5.15. The van der Waals surface area contributed by atoms with Crippen LogP contribution in [0.3, 0.4) is 0 Å². The highest BCUT2D eigenvalue weighted by Crippen LogP contribution is 2.39. The molecule has 0 fully saturated rings. The average molecular weight is 274 g/mol. The Balaban J connectivity index is 2.59. The summed E-state index contributed by atoms with van der Waals surface area (Å²) >= 11 is 12.1. The molecule has 5 heteroatoms. The Labute approximate surface area is 110 Å². The van der Waals surface area contributed by atoms with Crippen LogP contribution in [0.15, 0.2) is 6.07 Å². The summed E-state index contributed by atoms with van der Waals surface area (Å²) in [5.74, 6) is 0.0247. The van der Waals surface area contributed by atoms with Crippen molar-refractivity contribution < 1.29 is 9.53 Å². The van der Waals surface area contributed by atoms with Gasteiger partial charge in [0.25, 0.3) is 0 Å². The van der Waals surface area contributed by atoms with E-state index in [4.69, 9.17) is 33.7 Å². The maximum Gasteiger partial charge on any atom is 0.249 e. The van der Waals surface area contributed by atoms with Gasteiger partial charge in [-0.1, -0.05) is 23.2 Å². The summed E-state index contributed by atoms with van der Waals surface area (Å²) in [4.78, 5) is 11.4. The maximum atomic E-state index is 11.4. The van der Waals surface area contributed by atoms with Crippen molar-refractivity contribution in [3.63, 3.8) is 0 Å². The summed E-state index contributed by atoms with van der Waals surface area (Å²) in [6, 6.07) is 1.52. The molecule has 1 aliphatic heterocycles. The molecule has 1 aromatic carbocycles. The van der Waals surface area contributed by atoms with Crippen molar-refractivity contribution in [3.05, 3.63) is 27.2 Å². The fourth-order valence-corrected chi connectivity index (χ4v) is 2.43. The number of hydrogen-bond acceptors (Lipinski definition) is 2. The smallest absolute Gasteiger partial charge is 0.249 e. The molecule has 0 radical (unpaired) electrons. The number of hydrogen-bond donors (Lipinski definition) is 1. The Kier molecular flexibility index (Phi) is 3.79. The van der Waals surface area contributed by atoms with E-state index < -0.39 is 5.91 Å². The third kappa shape index (κ3) is 2.50. The number of fused-ring (bicyclic) bond motifs is 1. The molecule has 92 valence electrons. The normalized spacial score (nSPS) is 15.4. The van der Waals surface area contributed by atoms with Crippen LogP contribution >= 0.6 is 23.2 Å². The van der Waals surface area contributed by atoms with Gasteiger partial charge in [0.05, 0.1) is 11.6 Å². The van der Waals surface area contributed by atoms with Gasteiger partial charge < -0.3 is 10.5 Å². The van der Waals surface area contributed by atoms with E-state index in [0.29, 0.717) is 28.0 Å². The maximum absolute atomic E-state index is 11.4. The van der Waals surface area contributed by atoms with Crippen LogP contribution in [0.25, 0.3) is 0 Å². The molecule has 0 atom stereocenters. The highest BCUT2D eigenvalue weighted by atomic mass is 35.5. The molecule has 0 saturated heterocycles. The number of ether oxygens (including phenoxy) is 1. The molecule has 2 rings (SSSR count). The van der Waals surface area contributed by atoms with Gasteiger partial charge in [0.1, 0.15) is 10.8 Å². The van der Waals surface area contributed by atoms with Crippen LogP contribution in [-0.2, 0) is 6.42 Å². The Morgan fingerprint density at radius 1 is 1.29 bits per heavy atom. The molecule has 0 unspecified atom stereocenters. The highest BCUT2D eigenvalue weighted by Gasteiger charge is 2.21. The fourth-order valence-electron chi connectivity index (χ4n) is 2.01. The summed E-state index contributed by atoms with van der Waals surface area (Å²) in [5, 5.41) is 0.674. The first kappa shape index (κ1) is 12.5. The molecule has 1 aromatic rings. The first-order chi connectivity index (χ1) is 8.11. The minimum Gasteiger partial charge on any atom is -0.492 e. The monoisotopic (exact) mass is 273 g/mol. The van der Waals surface area contributed by atoms with Crippen LogP contribution in [-0.4, -0.2) is 12.5 Å². The number of carbonyl (C=O) groups is 1. The summed E-state index contributed by atoms with van der Waals surface area (Å²) in [6.45, 7) is 0.589. The molecular weight excluding hydrogens is 261 g/mol. The van der Waals surface area contributed by atoms with E-state index in [2.05, 4.69) is 0 Å². The summed E-state index contributed by atoms with van der Waals surface area (Å²) in [5.41, 5.74) is 6.55. The first-order valence-electron chi connectivity index (χ1n) is 5.54. The molecule has 1 aliphatic rings. The van der Waals surface area contributed by atoms with Gasteiger partial charge >= 0.3 is 0 Å². The zero-order valence-corrected chi connectivity index (χ0v) is 10.8. The molecule has 3 nitrogen and oxygen atoms in total. The Hall–Kier alpha value is -0.930. The minimum absolute atomic E-state index is 0.305. The molecule has 17 heavy (non-hydrogen) atoms. The predicted molar refractivity (Wildman–Crippen MR) is 68.0 cm³/mol. The average Bonchev–Trinajstić information content (AvgIpc) is 2.24. The fraction of sp³-hybridized carbons (Fsp3) is 0.417. The number of carbonyl (C=O) groups excluding carboxylic acids is 1. The van der Waals surface area contributed by atoms with E-state index >= 15 is 0 Å². The predicted octanol–water partition coefficient (Wildman–Crippen LogP) is 3.20. The molecule has 0 saturated carbocycles. The number of nitrogens with two attached hydrogens (primary N) is 1. The van der Waals surface area contributed by atoms with E-state index in [-0.39, 0.29) is 0 Å². The lowest BCUT2D eigenvalue weighted by Crippen LogP contribution is -2.16. The van der Waals surface area contributed by atoms with E-state index in [1.807, 2.05) is 0 Å². The molecular formula is C12H13Cl2NO2. The third-order valence-electron chi connectivity index (χ3n) is 2.86. The summed E-state index contributed by atoms with van der Waals surface area (Å²) < 4.78 is 5.61. The standard InChI is InChI=1S/C12H13Cl2NO2/c13-9-6-8(12(15)16)7-4-2-1-3-5-17-11(7)10(9)14/h6H,1-5H2,(H2,15,16). The van der Waals surface area contributed by atoms with E-state index in [0.717, 1.165) is 31.2 Å². The summed E-state index contributed by atoms with van der Waals surface area (Å²) in [6.07, 6.45) is 3.78. The third-order valence-corrected chi connectivity index (χ3v) is 3.63. The van der Waals surface area contributed by atoms with Gasteiger partial charge in [-0.15, -0.1) is 0 Å². The van der Waals surface area contributed by atoms with Gasteiger partial charge in [0.2, 0.25) is 5.91 Å². The van der Waals surface area contributed by atoms with Crippen LogP contribution in [0.5, 0.6) is 5.75 Å². The summed E-state index contributed by atoms with van der Waals surface area (Å²) in [7, 11) is 0. The molecule has 0 aliphatic carbocycles. The quantitative estimate of drug-likeness (QED) is 0.854. The van der Waals surface area contributed by atoms with Crippen molar-refractivity contribution in [2.45, 2.75) is 25.7 Å². The molecule has 2 N–H and O–H groups in total. The number of halogens is 2. The van der Waals surface area contributed by atoms with Crippen LogP contribution in [0.2, 0.25) is 10.0 Å². The van der Waals surface area contributed by atoms with Crippen molar-refractivity contribution in [3.8, 4) is 5.75 Å². The molecule has 0 spiro atoms. The van der Waals surface area contributed by atoms with Crippen molar-refractivity contribution in [1.29, 1.82) is 0 Å². The minimum atomic E-state index is -0.496. The lowest BCUT2D eigenvalue weighted by Gasteiger charge is -2.19. The van der Waals surface area contributed by atoms with Crippen molar-refractivity contribution in [1.82, 2.24) is 0 Å². The topological polar surface area (TPSA) is 52.3 Å². The molecule has 0 bridgehead atoms. The van der Waals surface area contributed by atoms with Crippen molar-refractivity contribution >= 4 is 29.1 Å². The van der Waals surface area contributed by atoms with Gasteiger partial charge in [0.15, 0.2) is 0 Å². The Morgan fingerprint density at radius 2 is 2.06 bits per heavy atom. The van der Waals surface area contributed by atoms with Crippen LogP contribution in [0, 0.1) is 0 Å². The lowest BCUT2D eigenvalue weighted by atomic mass is 9.98. The first-order valence-corrected chi connectivity index (χ1v) is 6.30. The second-order valence-corrected chi connectivity index (χ2v) is 4.84. The van der Waals surface area contributed by atoms with Gasteiger partial charge in [-0.3, -0.25) is 4.79 Å². The zero-order valence-electron chi connectivity index (χ0n) is 9.26. The lowest BCUT2D eigenvalue weighted by molar-refractivity contribution is 0.0998. The van der Waals surface area contributed by atoms with Crippen LogP contribution in [0.4, 0.5) is 0 Å². The molecule has 1 amide bonds. The number of amides is 1. The van der Waals surface area contributed by atoms with Crippen LogP contribution < -0.4 is 10.5 Å². The van der Waals surface area contributed by atoms with Gasteiger partial charge in [-0.25, -0.2) is 0 Å². The number of rotatable bonds is 1. The van der Waals surface area contributed by atoms with Gasteiger partial charge in [-0.05, 0) is 31.7 Å². The highest BCUT2D eigenvalue weighted by molar-refractivity contribution is 6.43. The second-order valence-electron chi connectivity index (χ2n) is 4.05. The van der Waals surface area contributed by atoms with E-state index in [9.17, 15) is 4.79 Å². The van der Waals surface area contributed by atoms with Crippen molar-refractivity contribution in [2.75, 3.05) is 6.61 Å².